The van der Waals surface area contributed by atoms with Gasteiger partial charge in [-0.15, -0.1) is 0 Å². The number of sulfonamides is 1. The minimum atomic E-state index is -3.98. The van der Waals surface area contributed by atoms with Crippen LogP contribution in [-0.2, 0) is 26.2 Å². The summed E-state index contributed by atoms with van der Waals surface area (Å²) in [5.74, 6) is -0.982. The van der Waals surface area contributed by atoms with Gasteiger partial charge in [0.25, 0.3) is 0 Å². The standard InChI is InChI=1S/C23H27Cl4N3O4S/c1-5-20(23(32)28-14(2)3)29(12-15-8-6-7-9-16(15)24)22(31)13-30(35(4,33)34)21-11-18(26)17(25)10-19(21)27/h6-11,14,20H,5,12-13H2,1-4H3,(H,28,32). The molecule has 0 heterocycles. The van der Waals surface area contributed by atoms with Crippen molar-refractivity contribution < 1.29 is 18.0 Å². The van der Waals surface area contributed by atoms with Gasteiger partial charge in [0.1, 0.15) is 12.6 Å². The van der Waals surface area contributed by atoms with E-state index in [0.717, 1.165) is 10.6 Å². The summed E-state index contributed by atoms with van der Waals surface area (Å²) in [5, 5.41) is 3.44. The van der Waals surface area contributed by atoms with Crippen molar-refractivity contribution in [3.8, 4) is 0 Å². The van der Waals surface area contributed by atoms with Gasteiger partial charge in [-0.2, -0.15) is 0 Å². The van der Waals surface area contributed by atoms with Gasteiger partial charge in [-0.1, -0.05) is 71.5 Å². The Morgan fingerprint density at radius 3 is 2.11 bits per heavy atom. The summed E-state index contributed by atoms with van der Waals surface area (Å²) >= 11 is 24.7. The summed E-state index contributed by atoms with van der Waals surface area (Å²) in [4.78, 5) is 27.9. The Balaban J connectivity index is 2.53. The first kappa shape index (κ1) is 29.5. The van der Waals surface area contributed by atoms with E-state index < -0.39 is 28.5 Å². The fourth-order valence-electron chi connectivity index (χ4n) is 3.41. The monoisotopic (exact) mass is 581 g/mol. The fourth-order valence-corrected chi connectivity index (χ4v) is 5.15. The Hall–Kier alpha value is -1.71. The van der Waals surface area contributed by atoms with Crippen LogP contribution in [-0.4, -0.2) is 50.0 Å². The van der Waals surface area contributed by atoms with E-state index in [1.807, 2.05) is 13.8 Å². The molecule has 0 bridgehead atoms. The maximum atomic E-state index is 13.6. The molecule has 2 aromatic carbocycles. The van der Waals surface area contributed by atoms with E-state index >= 15 is 0 Å². The van der Waals surface area contributed by atoms with Crippen LogP contribution in [0.1, 0.15) is 32.8 Å². The van der Waals surface area contributed by atoms with Crippen LogP contribution in [0.15, 0.2) is 36.4 Å². The molecule has 1 atom stereocenters. The number of carbonyl (C=O) groups excluding carboxylic acids is 2. The van der Waals surface area contributed by atoms with E-state index in [9.17, 15) is 18.0 Å². The molecule has 0 aliphatic heterocycles. The van der Waals surface area contributed by atoms with E-state index in [0.29, 0.717) is 17.0 Å². The van der Waals surface area contributed by atoms with Crippen LogP contribution in [0.3, 0.4) is 0 Å². The molecule has 2 aromatic rings. The summed E-state index contributed by atoms with van der Waals surface area (Å²) in [6.45, 7) is 4.76. The Morgan fingerprint density at radius 2 is 1.57 bits per heavy atom. The van der Waals surface area contributed by atoms with E-state index in [-0.39, 0.29) is 39.2 Å². The molecule has 0 spiro atoms. The maximum Gasteiger partial charge on any atom is 0.244 e. The van der Waals surface area contributed by atoms with Crippen LogP contribution in [0.25, 0.3) is 0 Å². The molecule has 0 aliphatic carbocycles. The lowest BCUT2D eigenvalue weighted by atomic mass is 10.1. The van der Waals surface area contributed by atoms with E-state index in [2.05, 4.69) is 5.32 Å². The van der Waals surface area contributed by atoms with Gasteiger partial charge in [-0.3, -0.25) is 13.9 Å². The number of nitrogens with zero attached hydrogens (tertiary/aromatic N) is 2. The van der Waals surface area contributed by atoms with Crippen molar-refractivity contribution in [2.45, 2.75) is 45.8 Å². The molecule has 2 amide bonds. The summed E-state index contributed by atoms with van der Waals surface area (Å²) < 4.78 is 26.2. The summed E-state index contributed by atoms with van der Waals surface area (Å²) in [6, 6.07) is 8.48. The lowest BCUT2D eigenvalue weighted by Crippen LogP contribution is -2.53. The highest BCUT2D eigenvalue weighted by Crippen LogP contribution is 2.35. The molecule has 0 fully saturated rings. The zero-order valence-corrected chi connectivity index (χ0v) is 23.5. The average Bonchev–Trinajstić information content (AvgIpc) is 2.74. The lowest BCUT2D eigenvalue weighted by Gasteiger charge is -2.33. The van der Waals surface area contributed by atoms with Crippen molar-refractivity contribution in [1.29, 1.82) is 0 Å². The fraction of sp³-hybridized carbons (Fsp3) is 0.391. The van der Waals surface area contributed by atoms with Crippen molar-refractivity contribution in [1.82, 2.24) is 10.2 Å². The second-order valence-electron chi connectivity index (χ2n) is 8.19. The van der Waals surface area contributed by atoms with E-state index in [4.69, 9.17) is 46.4 Å². The molecule has 7 nitrogen and oxygen atoms in total. The Kier molecular flexibility index (Phi) is 10.5. The zero-order valence-electron chi connectivity index (χ0n) is 19.7. The van der Waals surface area contributed by atoms with Crippen molar-refractivity contribution in [3.63, 3.8) is 0 Å². The van der Waals surface area contributed by atoms with Crippen molar-refractivity contribution >= 4 is 73.9 Å². The number of amides is 2. The van der Waals surface area contributed by atoms with Crippen molar-refractivity contribution in [2.75, 3.05) is 17.1 Å². The number of hydrogen-bond acceptors (Lipinski definition) is 4. The Morgan fingerprint density at radius 1 is 0.971 bits per heavy atom. The van der Waals surface area contributed by atoms with Crippen LogP contribution < -0.4 is 9.62 Å². The minimum Gasteiger partial charge on any atom is -0.352 e. The van der Waals surface area contributed by atoms with Gasteiger partial charge in [-0.25, -0.2) is 8.42 Å². The van der Waals surface area contributed by atoms with E-state index in [1.165, 1.54) is 17.0 Å². The predicted molar refractivity (Wildman–Crippen MR) is 143 cm³/mol. The molecule has 0 saturated heterocycles. The van der Waals surface area contributed by atoms with Crippen LogP contribution in [0.4, 0.5) is 5.69 Å². The van der Waals surface area contributed by atoms with Gasteiger partial charge in [0.2, 0.25) is 21.8 Å². The molecule has 0 aromatic heterocycles. The van der Waals surface area contributed by atoms with Crippen LogP contribution in [0.5, 0.6) is 0 Å². The first-order chi connectivity index (χ1) is 16.3. The van der Waals surface area contributed by atoms with Gasteiger partial charge in [0, 0.05) is 17.6 Å². The van der Waals surface area contributed by atoms with Gasteiger partial charge in [0.15, 0.2) is 0 Å². The summed E-state index contributed by atoms with van der Waals surface area (Å²) in [6.07, 6.45) is 1.24. The number of benzene rings is 2. The highest BCUT2D eigenvalue weighted by atomic mass is 35.5. The van der Waals surface area contributed by atoms with Gasteiger partial charge in [0.05, 0.1) is 27.0 Å². The predicted octanol–water partition coefficient (Wildman–Crippen LogP) is 5.40. The third kappa shape index (κ3) is 7.89. The molecule has 0 radical (unpaired) electrons. The molecular formula is C23H27Cl4N3O4S. The Labute approximate surface area is 226 Å². The van der Waals surface area contributed by atoms with Gasteiger partial charge in [-0.05, 0) is 44.0 Å². The number of rotatable bonds is 10. The molecule has 2 rings (SSSR count). The molecule has 12 heteroatoms. The maximum absolute atomic E-state index is 13.6. The van der Waals surface area contributed by atoms with E-state index in [1.54, 1.807) is 31.2 Å². The third-order valence-corrected chi connectivity index (χ3v) is 7.57. The number of carbonyl (C=O) groups is 2. The highest BCUT2D eigenvalue weighted by molar-refractivity contribution is 7.92. The molecule has 35 heavy (non-hydrogen) atoms. The largest absolute Gasteiger partial charge is 0.352 e. The summed E-state index contributed by atoms with van der Waals surface area (Å²) in [7, 11) is -3.98. The second-order valence-corrected chi connectivity index (χ2v) is 11.7. The molecule has 1 N–H and O–H groups in total. The minimum absolute atomic E-state index is 0.000119. The SMILES string of the molecule is CCC(C(=O)NC(C)C)N(Cc1ccccc1Cl)C(=O)CN(c1cc(Cl)c(Cl)cc1Cl)S(C)(=O)=O. The second kappa shape index (κ2) is 12.5. The van der Waals surface area contributed by atoms with Crippen LogP contribution in [0.2, 0.25) is 20.1 Å². The van der Waals surface area contributed by atoms with Crippen LogP contribution >= 0.6 is 46.4 Å². The molecule has 0 saturated carbocycles. The molecular weight excluding hydrogens is 556 g/mol. The third-order valence-electron chi connectivity index (χ3n) is 5.05. The topological polar surface area (TPSA) is 86.8 Å². The van der Waals surface area contributed by atoms with Gasteiger partial charge >= 0.3 is 0 Å². The number of anilines is 1. The molecule has 0 aliphatic rings. The first-order valence-electron chi connectivity index (χ1n) is 10.7. The smallest absolute Gasteiger partial charge is 0.244 e. The number of hydrogen-bond donors (Lipinski definition) is 1. The molecule has 1 unspecified atom stereocenters. The lowest BCUT2D eigenvalue weighted by molar-refractivity contribution is -0.140. The van der Waals surface area contributed by atoms with Crippen molar-refractivity contribution in [2.24, 2.45) is 0 Å². The van der Waals surface area contributed by atoms with Crippen molar-refractivity contribution in [3.05, 3.63) is 62.1 Å². The summed E-state index contributed by atoms with van der Waals surface area (Å²) in [5.41, 5.74) is 0.603. The van der Waals surface area contributed by atoms with Crippen LogP contribution in [0, 0.1) is 0 Å². The first-order valence-corrected chi connectivity index (χ1v) is 14.1. The Bertz CT molecular complexity index is 1190. The van der Waals surface area contributed by atoms with Gasteiger partial charge < -0.3 is 10.2 Å². The number of halogens is 4. The molecule has 192 valence electrons. The average molecular weight is 583 g/mol. The highest BCUT2D eigenvalue weighted by Gasteiger charge is 2.33. The zero-order chi connectivity index (χ0) is 26.5. The number of nitrogens with one attached hydrogen (secondary N) is 1. The quantitative estimate of drug-likeness (QED) is 0.380. The normalized spacial score (nSPS) is 12.4.